The fourth-order valence-electron chi connectivity index (χ4n) is 2.48. The van der Waals surface area contributed by atoms with E-state index in [1.807, 2.05) is 24.3 Å². The number of anilines is 1. The lowest BCUT2D eigenvalue weighted by molar-refractivity contribution is 0.0945. The van der Waals surface area contributed by atoms with Gasteiger partial charge in [0.1, 0.15) is 23.2 Å². The van der Waals surface area contributed by atoms with Gasteiger partial charge in [0.25, 0.3) is 5.91 Å². The summed E-state index contributed by atoms with van der Waals surface area (Å²) in [6, 6.07) is 15.0. The molecule has 0 radical (unpaired) electrons. The zero-order valence-corrected chi connectivity index (χ0v) is 15.4. The predicted octanol–water partition coefficient (Wildman–Crippen LogP) is 4.12. The summed E-state index contributed by atoms with van der Waals surface area (Å²) in [5, 5.41) is 6.59. The van der Waals surface area contributed by atoms with Crippen LogP contribution in [0.5, 0.6) is 0 Å². The number of rotatable bonds is 6. The Labute approximate surface area is 161 Å². The van der Waals surface area contributed by atoms with Gasteiger partial charge in [0, 0.05) is 24.2 Å². The molecule has 27 heavy (non-hydrogen) atoms. The fraction of sp³-hybridized carbons (Fsp3) is 0.150. The second-order valence-corrected chi connectivity index (χ2v) is 6.35. The molecule has 3 aromatic rings. The summed E-state index contributed by atoms with van der Waals surface area (Å²) in [5.74, 6) is 0.372. The van der Waals surface area contributed by atoms with Crippen LogP contribution in [0.3, 0.4) is 0 Å². The molecular formula is C20H18ClFN4O. The van der Waals surface area contributed by atoms with E-state index < -0.39 is 0 Å². The van der Waals surface area contributed by atoms with Gasteiger partial charge in [-0.1, -0.05) is 41.9 Å². The fourth-order valence-corrected chi connectivity index (χ4v) is 2.68. The van der Waals surface area contributed by atoms with Crippen molar-refractivity contribution in [3.05, 3.63) is 88.1 Å². The number of carbonyl (C=O) groups is 1. The highest BCUT2D eigenvalue weighted by Crippen LogP contribution is 2.16. The van der Waals surface area contributed by atoms with Crippen molar-refractivity contribution in [2.24, 2.45) is 0 Å². The quantitative estimate of drug-likeness (QED) is 0.671. The van der Waals surface area contributed by atoms with Crippen molar-refractivity contribution in [3.8, 4) is 0 Å². The Kier molecular flexibility index (Phi) is 5.98. The van der Waals surface area contributed by atoms with Crippen molar-refractivity contribution >= 4 is 23.3 Å². The maximum atomic E-state index is 12.9. The van der Waals surface area contributed by atoms with Crippen LogP contribution < -0.4 is 10.6 Å². The van der Waals surface area contributed by atoms with E-state index in [-0.39, 0.29) is 24.0 Å². The Balaban J connectivity index is 1.66. The summed E-state index contributed by atoms with van der Waals surface area (Å²) in [6.45, 7) is 2.48. The molecule has 0 unspecified atom stereocenters. The summed E-state index contributed by atoms with van der Waals surface area (Å²) < 4.78 is 12.9. The highest BCUT2D eigenvalue weighted by molar-refractivity contribution is 6.31. The number of nitrogens with one attached hydrogen (secondary N) is 2. The minimum absolute atomic E-state index is 0.256. The number of aryl methyl sites for hydroxylation is 1. The normalized spacial score (nSPS) is 10.5. The van der Waals surface area contributed by atoms with Crippen LogP contribution in [0.1, 0.15) is 27.4 Å². The maximum absolute atomic E-state index is 12.9. The van der Waals surface area contributed by atoms with Crippen molar-refractivity contribution in [2.75, 3.05) is 5.32 Å². The molecule has 0 aliphatic rings. The van der Waals surface area contributed by atoms with E-state index >= 15 is 0 Å². The molecule has 0 saturated heterocycles. The molecule has 2 aromatic carbocycles. The van der Waals surface area contributed by atoms with Gasteiger partial charge in [0.05, 0.1) is 0 Å². The molecule has 2 N–H and O–H groups in total. The molecule has 7 heteroatoms. The molecule has 1 heterocycles. The van der Waals surface area contributed by atoms with E-state index in [0.29, 0.717) is 23.2 Å². The van der Waals surface area contributed by atoms with Crippen molar-refractivity contribution < 1.29 is 9.18 Å². The second kappa shape index (κ2) is 8.60. The molecule has 0 spiro atoms. The third-order valence-corrected chi connectivity index (χ3v) is 4.22. The minimum Gasteiger partial charge on any atom is -0.366 e. The molecule has 0 saturated carbocycles. The number of halogens is 2. The smallest absolute Gasteiger partial charge is 0.270 e. The van der Waals surface area contributed by atoms with Crippen molar-refractivity contribution in [1.29, 1.82) is 0 Å². The van der Waals surface area contributed by atoms with E-state index in [0.717, 1.165) is 11.1 Å². The summed E-state index contributed by atoms with van der Waals surface area (Å²) >= 11 is 6.15. The molecule has 0 fully saturated rings. The summed E-state index contributed by atoms with van der Waals surface area (Å²) in [5.41, 5.74) is 1.98. The largest absolute Gasteiger partial charge is 0.366 e. The van der Waals surface area contributed by atoms with Gasteiger partial charge < -0.3 is 10.6 Å². The third kappa shape index (κ3) is 5.24. The average Bonchev–Trinajstić information content (AvgIpc) is 2.66. The van der Waals surface area contributed by atoms with Crippen LogP contribution >= 0.6 is 11.6 Å². The van der Waals surface area contributed by atoms with Gasteiger partial charge in [-0.3, -0.25) is 4.79 Å². The minimum atomic E-state index is -0.328. The van der Waals surface area contributed by atoms with Crippen LogP contribution in [-0.2, 0) is 13.1 Å². The number of hydrogen-bond donors (Lipinski definition) is 2. The van der Waals surface area contributed by atoms with Crippen LogP contribution in [0.25, 0.3) is 0 Å². The van der Waals surface area contributed by atoms with Crippen LogP contribution in [0.15, 0.2) is 54.6 Å². The predicted molar refractivity (Wildman–Crippen MR) is 103 cm³/mol. The second-order valence-electron chi connectivity index (χ2n) is 5.94. The first-order valence-corrected chi connectivity index (χ1v) is 8.74. The molecule has 3 rings (SSSR count). The van der Waals surface area contributed by atoms with Crippen molar-refractivity contribution in [1.82, 2.24) is 15.3 Å². The van der Waals surface area contributed by atoms with E-state index in [1.165, 1.54) is 12.1 Å². The van der Waals surface area contributed by atoms with Crippen molar-refractivity contribution in [3.63, 3.8) is 0 Å². The van der Waals surface area contributed by atoms with Crippen LogP contribution in [0.4, 0.5) is 10.2 Å². The van der Waals surface area contributed by atoms with Gasteiger partial charge in [0.15, 0.2) is 0 Å². The van der Waals surface area contributed by atoms with Gasteiger partial charge in [0.2, 0.25) is 0 Å². The van der Waals surface area contributed by atoms with E-state index in [9.17, 15) is 9.18 Å². The third-order valence-electron chi connectivity index (χ3n) is 3.85. The van der Waals surface area contributed by atoms with E-state index in [4.69, 9.17) is 11.6 Å². The summed E-state index contributed by atoms with van der Waals surface area (Å²) in [6.07, 6.45) is 0. The van der Waals surface area contributed by atoms with Crippen molar-refractivity contribution in [2.45, 2.75) is 20.0 Å². The first-order valence-electron chi connectivity index (χ1n) is 8.37. The van der Waals surface area contributed by atoms with Gasteiger partial charge >= 0.3 is 0 Å². The Bertz CT molecular complexity index is 947. The zero-order chi connectivity index (χ0) is 19.2. The Morgan fingerprint density at radius 3 is 2.56 bits per heavy atom. The lowest BCUT2D eigenvalue weighted by Crippen LogP contribution is -2.24. The standard InChI is InChI=1S/C20H18ClFN4O/c1-13-25-18(20(27)24-11-14-6-8-16(22)9-7-14)10-19(26-13)23-12-15-4-2-3-5-17(15)21/h2-10H,11-12H2,1H3,(H,24,27)(H,23,25,26). The van der Waals surface area contributed by atoms with Crippen LogP contribution in [0, 0.1) is 12.7 Å². The summed E-state index contributed by atoms with van der Waals surface area (Å²) in [7, 11) is 0. The van der Waals surface area contributed by atoms with Gasteiger partial charge in [-0.05, 0) is 36.2 Å². The molecule has 138 valence electrons. The first-order chi connectivity index (χ1) is 13.0. The summed E-state index contributed by atoms with van der Waals surface area (Å²) in [4.78, 5) is 20.9. The monoisotopic (exact) mass is 384 g/mol. The molecule has 0 atom stereocenters. The van der Waals surface area contributed by atoms with Gasteiger partial charge in [-0.2, -0.15) is 0 Å². The zero-order valence-electron chi connectivity index (χ0n) is 14.7. The number of hydrogen-bond acceptors (Lipinski definition) is 4. The molecular weight excluding hydrogens is 367 g/mol. The lowest BCUT2D eigenvalue weighted by Gasteiger charge is -2.10. The molecule has 5 nitrogen and oxygen atoms in total. The maximum Gasteiger partial charge on any atom is 0.270 e. The molecule has 1 amide bonds. The van der Waals surface area contributed by atoms with E-state index in [1.54, 1.807) is 25.1 Å². The average molecular weight is 385 g/mol. The Hall–Kier alpha value is -2.99. The highest BCUT2D eigenvalue weighted by Gasteiger charge is 2.11. The number of benzene rings is 2. The number of nitrogens with zero attached hydrogens (tertiary/aromatic N) is 2. The molecule has 1 aromatic heterocycles. The van der Waals surface area contributed by atoms with Gasteiger partial charge in [-0.15, -0.1) is 0 Å². The van der Waals surface area contributed by atoms with E-state index in [2.05, 4.69) is 20.6 Å². The van der Waals surface area contributed by atoms with Gasteiger partial charge in [-0.25, -0.2) is 14.4 Å². The number of amides is 1. The number of aromatic nitrogens is 2. The SMILES string of the molecule is Cc1nc(NCc2ccccc2Cl)cc(C(=O)NCc2ccc(F)cc2)n1. The molecule has 0 aliphatic heterocycles. The number of carbonyl (C=O) groups excluding carboxylic acids is 1. The Morgan fingerprint density at radius 1 is 1.07 bits per heavy atom. The van der Waals surface area contributed by atoms with Crippen LogP contribution in [-0.4, -0.2) is 15.9 Å². The Morgan fingerprint density at radius 2 is 1.81 bits per heavy atom. The first kappa shape index (κ1) is 18.8. The molecule has 0 aliphatic carbocycles. The lowest BCUT2D eigenvalue weighted by atomic mass is 10.2. The molecule has 0 bridgehead atoms. The van der Waals surface area contributed by atoms with Crippen LogP contribution in [0.2, 0.25) is 5.02 Å². The topological polar surface area (TPSA) is 66.9 Å². The highest BCUT2D eigenvalue weighted by atomic mass is 35.5.